The molecule has 4 nitrogen and oxygen atoms in total. The van der Waals surface area contributed by atoms with Gasteiger partial charge < -0.3 is 20.3 Å². The van der Waals surface area contributed by atoms with E-state index in [-0.39, 0.29) is 0 Å². The highest BCUT2D eigenvalue weighted by Crippen LogP contribution is 2.12. The molecule has 2 aliphatic rings. The molecule has 0 radical (unpaired) electrons. The Morgan fingerprint density at radius 1 is 1.50 bits per heavy atom. The van der Waals surface area contributed by atoms with Crippen molar-refractivity contribution in [3.05, 3.63) is 0 Å². The Balaban J connectivity index is 1.48. The lowest BCUT2D eigenvalue weighted by Gasteiger charge is -2.24. The average molecular weight is 227 g/mol. The number of likely N-dealkylation sites (tertiary alicyclic amines) is 1. The van der Waals surface area contributed by atoms with Crippen LogP contribution in [0.2, 0.25) is 0 Å². The molecule has 0 saturated carbocycles. The number of nitrogens with one attached hydrogen (secondary N) is 2. The van der Waals surface area contributed by atoms with Crippen LogP contribution in [0, 0.1) is 5.92 Å². The van der Waals surface area contributed by atoms with Gasteiger partial charge in [-0.3, -0.25) is 0 Å². The fourth-order valence-corrected chi connectivity index (χ4v) is 2.58. The Labute approximate surface area is 98.7 Å². The molecule has 0 spiro atoms. The van der Waals surface area contributed by atoms with Gasteiger partial charge in [0.25, 0.3) is 0 Å². The Hall–Kier alpha value is -0.160. The first kappa shape index (κ1) is 12.3. The predicted octanol–water partition coefficient (Wildman–Crippen LogP) is -0.0938. The van der Waals surface area contributed by atoms with E-state index in [0.29, 0.717) is 6.04 Å². The topological polar surface area (TPSA) is 36.5 Å². The Morgan fingerprint density at radius 3 is 3.12 bits per heavy atom. The largest absolute Gasteiger partial charge is 0.379 e. The summed E-state index contributed by atoms with van der Waals surface area (Å²) in [4.78, 5) is 2.42. The fourth-order valence-electron chi connectivity index (χ4n) is 2.58. The zero-order valence-corrected chi connectivity index (χ0v) is 10.4. The molecule has 2 saturated heterocycles. The van der Waals surface area contributed by atoms with E-state index in [9.17, 15) is 0 Å². The SMILES string of the molecule is CN1CCC(CNCCC2COCCN2)C1. The maximum absolute atomic E-state index is 5.43. The number of morpholine rings is 1. The van der Waals surface area contributed by atoms with Crippen molar-refractivity contribution in [3.8, 4) is 0 Å². The summed E-state index contributed by atoms with van der Waals surface area (Å²) < 4.78 is 5.43. The third-order valence-electron chi connectivity index (χ3n) is 3.59. The second-order valence-electron chi connectivity index (χ2n) is 5.14. The highest BCUT2D eigenvalue weighted by molar-refractivity contribution is 4.76. The van der Waals surface area contributed by atoms with Gasteiger partial charge in [-0.1, -0.05) is 0 Å². The number of ether oxygens (including phenoxy) is 1. The van der Waals surface area contributed by atoms with Gasteiger partial charge in [0.15, 0.2) is 0 Å². The highest BCUT2D eigenvalue weighted by atomic mass is 16.5. The van der Waals surface area contributed by atoms with Crippen LogP contribution in [0.1, 0.15) is 12.8 Å². The molecule has 16 heavy (non-hydrogen) atoms. The third kappa shape index (κ3) is 4.01. The van der Waals surface area contributed by atoms with Crippen LogP contribution >= 0.6 is 0 Å². The maximum Gasteiger partial charge on any atom is 0.0620 e. The first-order valence-corrected chi connectivity index (χ1v) is 6.55. The van der Waals surface area contributed by atoms with Crippen LogP contribution in [0.5, 0.6) is 0 Å². The van der Waals surface area contributed by atoms with Crippen LogP contribution in [-0.4, -0.2) is 63.9 Å². The first-order chi connectivity index (χ1) is 7.84. The zero-order valence-electron chi connectivity index (χ0n) is 10.4. The maximum atomic E-state index is 5.43. The molecular weight excluding hydrogens is 202 g/mol. The minimum absolute atomic E-state index is 0.563. The van der Waals surface area contributed by atoms with Crippen molar-refractivity contribution in [1.29, 1.82) is 0 Å². The molecule has 2 N–H and O–H groups in total. The minimum Gasteiger partial charge on any atom is -0.379 e. The minimum atomic E-state index is 0.563. The van der Waals surface area contributed by atoms with Gasteiger partial charge in [0.05, 0.1) is 13.2 Å². The second-order valence-corrected chi connectivity index (χ2v) is 5.14. The molecule has 2 atom stereocenters. The normalized spacial score (nSPS) is 32.1. The van der Waals surface area contributed by atoms with E-state index in [1.165, 1.54) is 32.5 Å². The summed E-state index contributed by atoms with van der Waals surface area (Å²) in [5.74, 6) is 0.862. The van der Waals surface area contributed by atoms with Crippen molar-refractivity contribution in [1.82, 2.24) is 15.5 Å². The predicted molar refractivity (Wildman–Crippen MR) is 65.7 cm³/mol. The van der Waals surface area contributed by atoms with Gasteiger partial charge in [-0.05, 0) is 45.4 Å². The van der Waals surface area contributed by atoms with E-state index in [1.807, 2.05) is 0 Å². The number of hydrogen-bond acceptors (Lipinski definition) is 4. The van der Waals surface area contributed by atoms with E-state index in [4.69, 9.17) is 4.74 Å². The van der Waals surface area contributed by atoms with Crippen molar-refractivity contribution < 1.29 is 4.74 Å². The van der Waals surface area contributed by atoms with E-state index < -0.39 is 0 Å². The average Bonchev–Trinajstić information content (AvgIpc) is 2.72. The van der Waals surface area contributed by atoms with Gasteiger partial charge in [-0.25, -0.2) is 0 Å². The summed E-state index contributed by atoms with van der Waals surface area (Å²) in [5, 5.41) is 7.05. The van der Waals surface area contributed by atoms with Gasteiger partial charge in [0.2, 0.25) is 0 Å². The van der Waals surface area contributed by atoms with Crippen LogP contribution in [-0.2, 0) is 4.74 Å². The molecule has 2 rings (SSSR count). The molecular formula is C12H25N3O. The molecule has 0 aromatic carbocycles. The van der Waals surface area contributed by atoms with Crippen LogP contribution in [0.4, 0.5) is 0 Å². The van der Waals surface area contributed by atoms with Gasteiger partial charge in [-0.2, -0.15) is 0 Å². The van der Waals surface area contributed by atoms with Gasteiger partial charge in [0.1, 0.15) is 0 Å². The van der Waals surface area contributed by atoms with E-state index >= 15 is 0 Å². The number of nitrogens with zero attached hydrogens (tertiary/aromatic N) is 1. The molecule has 2 fully saturated rings. The number of rotatable bonds is 5. The zero-order chi connectivity index (χ0) is 11.2. The lowest BCUT2D eigenvalue weighted by atomic mass is 10.1. The van der Waals surface area contributed by atoms with Crippen molar-refractivity contribution in [2.75, 3.05) is 53.0 Å². The lowest BCUT2D eigenvalue weighted by Crippen LogP contribution is -2.43. The van der Waals surface area contributed by atoms with Crippen LogP contribution < -0.4 is 10.6 Å². The third-order valence-corrected chi connectivity index (χ3v) is 3.59. The summed E-state index contributed by atoms with van der Waals surface area (Å²) in [6.45, 7) is 7.59. The van der Waals surface area contributed by atoms with Crippen molar-refractivity contribution in [2.45, 2.75) is 18.9 Å². The molecule has 2 heterocycles. The number of hydrogen-bond donors (Lipinski definition) is 2. The van der Waals surface area contributed by atoms with Gasteiger partial charge in [-0.15, -0.1) is 0 Å². The molecule has 0 bridgehead atoms. The van der Waals surface area contributed by atoms with Crippen molar-refractivity contribution in [2.24, 2.45) is 5.92 Å². The summed E-state index contributed by atoms with van der Waals surface area (Å²) in [6.07, 6.45) is 2.54. The Kier molecular flexibility index (Phi) is 5.03. The molecule has 0 aromatic rings. The molecule has 0 aliphatic carbocycles. The first-order valence-electron chi connectivity index (χ1n) is 6.55. The lowest BCUT2D eigenvalue weighted by molar-refractivity contribution is 0.0742. The van der Waals surface area contributed by atoms with E-state index in [1.54, 1.807) is 0 Å². The van der Waals surface area contributed by atoms with Crippen LogP contribution in [0.15, 0.2) is 0 Å². The van der Waals surface area contributed by atoms with Gasteiger partial charge >= 0.3 is 0 Å². The van der Waals surface area contributed by atoms with Gasteiger partial charge in [0, 0.05) is 19.1 Å². The smallest absolute Gasteiger partial charge is 0.0620 e. The summed E-state index contributed by atoms with van der Waals surface area (Å²) in [6, 6.07) is 0.563. The molecule has 94 valence electrons. The summed E-state index contributed by atoms with van der Waals surface area (Å²) >= 11 is 0. The van der Waals surface area contributed by atoms with Crippen molar-refractivity contribution >= 4 is 0 Å². The molecule has 2 unspecified atom stereocenters. The second kappa shape index (κ2) is 6.55. The molecule has 0 amide bonds. The Morgan fingerprint density at radius 2 is 2.44 bits per heavy atom. The fraction of sp³-hybridized carbons (Fsp3) is 1.00. The molecule has 4 heteroatoms. The van der Waals surface area contributed by atoms with Crippen LogP contribution in [0.3, 0.4) is 0 Å². The molecule has 0 aromatic heterocycles. The summed E-state index contributed by atoms with van der Waals surface area (Å²) in [7, 11) is 2.21. The standard InChI is InChI=1S/C12H25N3O/c1-15-6-3-11(9-15)8-13-4-2-12-10-16-7-5-14-12/h11-14H,2-10H2,1H3. The monoisotopic (exact) mass is 227 g/mol. The summed E-state index contributed by atoms with van der Waals surface area (Å²) in [5.41, 5.74) is 0. The van der Waals surface area contributed by atoms with Crippen molar-refractivity contribution in [3.63, 3.8) is 0 Å². The van der Waals surface area contributed by atoms with E-state index in [0.717, 1.165) is 32.2 Å². The Bertz CT molecular complexity index is 188. The van der Waals surface area contributed by atoms with E-state index in [2.05, 4.69) is 22.6 Å². The molecule has 2 aliphatic heterocycles. The quantitative estimate of drug-likeness (QED) is 0.644. The highest BCUT2D eigenvalue weighted by Gasteiger charge is 2.19. The van der Waals surface area contributed by atoms with Crippen LogP contribution in [0.25, 0.3) is 0 Å².